The van der Waals surface area contributed by atoms with E-state index in [1.807, 2.05) is 12.3 Å². The Balaban J connectivity index is 1.91. The Morgan fingerprint density at radius 3 is 2.86 bits per heavy atom. The fourth-order valence-electron chi connectivity index (χ4n) is 1.60. The number of aromatic nitrogens is 5. The summed E-state index contributed by atoms with van der Waals surface area (Å²) in [6.07, 6.45) is 1.38. The Hall–Kier alpha value is -2.39. The second kappa shape index (κ2) is 5.54. The van der Waals surface area contributed by atoms with Gasteiger partial charge in [-0.15, -0.1) is 11.3 Å². The molecule has 0 saturated carbocycles. The summed E-state index contributed by atoms with van der Waals surface area (Å²) < 4.78 is 10.2. The molecule has 3 aromatic heterocycles. The number of methoxy groups -OCH3 is 1. The highest BCUT2D eigenvalue weighted by Gasteiger charge is 2.16. The van der Waals surface area contributed by atoms with Crippen LogP contribution >= 0.6 is 11.3 Å². The van der Waals surface area contributed by atoms with Crippen molar-refractivity contribution in [2.75, 3.05) is 7.11 Å². The van der Waals surface area contributed by atoms with Crippen molar-refractivity contribution in [2.45, 2.75) is 13.0 Å². The van der Waals surface area contributed by atoms with Crippen molar-refractivity contribution < 1.29 is 9.26 Å². The minimum absolute atomic E-state index is 0.128. The number of hydrogen-bond acceptors (Lipinski definition) is 9. The minimum atomic E-state index is -0.128. The molecule has 0 spiro atoms. The maximum atomic E-state index is 5.78. The van der Waals surface area contributed by atoms with Crippen LogP contribution in [0.3, 0.4) is 0 Å². The quantitative estimate of drug-likeness (QED) is 0.774. The van der Waals surface area contributed by atoms with E-state index in [4.69, 9.17) is 15.0 Å². The van der Waals surface area contributed by atoms with E-state index in [2.05, 4.69) is 25.1 Å². The molecule has 0 fully saturated rings. The molecule has 108 valence electrons. The van der Waals surface area contributed by atoms with Crippen LogP contribution in [0.2, 0.25) is 0 Å². The molecule has 0 saturated heterocycles. The van der Waals surface area contributed by atoms with Crippen LogP contribution in [0, 0.1) is 0 Å². The Kier molecular flexibility index (Phi) is 3.59. The number of rotatable bonds is 4. The summed E-state index contributed by atoms with van der Waals surface area (Å²) in [5, 5.41) is 6.54. The SMILES string of the molecule is COc1cc(-c2noc(-c3csc(C(C)N)n3)n2)ncn1. The van der Waals surface area contributed by atoms with Crippen molar-refractivity contribution >= 4 is 11.3 Å². The molecule has 3 rings (SSSR count). The Labute approximate surface area is 124 Å². The van der Waals surface area contributed by atoms with Crippen LogP contribution in [0.25, 0.3) is 23.1 Å². The molecule has 0 radical (unpaired) electrons. The summed E-state index contributed by atoms with van der Waals surface area (Å²) in [6, 6.07) is 1.50. The van der Waals surface area contributed by atoms with Crippen LogP contribution in [0.15, 0.2) is 22.3 Å². The predicted molar refractivity (Wildman–Crippen MR) is 75.6 cm³/mol. The van der Waals surface area contributed by atoms with Crippen LogP contribution in [-0.4, -0.2) is 32.2 Å². The summed E-state index contributed by atoms with van der Waals surface area (Å²) in [4.78, 5) is 16.7. The third-order valence-electron chi connectivity index (χ3n) is 2.64. The lowest BCUT2D eigenvalue weighted by Crippen LogP contribution is -2.03. The van der Waals surface area contributed by atoms with Crippen molar-refractivity contribution in [1.29, 1.82) is 0 Å². The van der Waals surface area contributed by atoms with Gasteiger partial charge in [0.25, 0.3) is 5.89 Å². The normalized spacial score (nSPS) is 12.3. The molecule has 1 unspecified atom stereocenters. The van der Waals surface area contributed by atoms with Gasteiger partial charge in [0, 0.05) is 11.4 Å². The molecule has 0 aliphatic carbocycles. The first-order valence-corrected chi connectivity index (χ1v) is 6.97. The fourth-order valence-corrected chi connectivity index (χ4v) is 2.35. The van der Waals surface area contributed by atoms with Gasteiger partial charge in [0.05, 0.1) is 13.2 Å². The lowest BCUT2D eigenvalue weighted by atomic mass is 10.4. The molecule has 0 aliphatic rings. The van der Waals surface area contributed by atoms with Crippen molar-refractivity contribution in [3.63, 3.8) is 0 Å². The molecule has 21 heavy (non-hydrogen) atoms. The van der Waals surface area contributed by atoms with Crippen LogP contribution in [0.1, 0.15) is 18.0 Å². The van der Waals surface area contributed by atoms with Gasteiger partial charge in [0.1, 0.15) is 22.7 Å². The summed E-state index contributed by atoms with van der Waals surface area (Å²) in [5.41, 5.74) is 6.90. The Morgan fingerprint density at radius 2 is 2.14 bits per heavy atom. The molecule has 2 N–H and O–H groups in total. The van der Waals surface area contributed by atoms with Gasteiger partial charge in [-0.25, -0.2) is 15.0 Å². The van der Waals surface area contributed by atoms with Gasteiger partial charge >= 0.3 is 0 Å². The maximum Gasteiger partial charge on any atom is 0.277 e. The highest BCUT2D eigenvalue weighted by atomic mass is 32.1. The van der Waals surface area contributed by atoms with E-state index in [1.165, 1.54) is 24.8 Å². The van der Waals surface area contributed by atoms with Gasteiger partial charge < -0.3 is 15.0 Å². The van der Waals surface area contributed by atoms with E-state index in [0.29, 0.717) is 29.0 Å². The Bertz CT molecular complexity index is 754. The molecule has 0 aromatic carbocycles. The van der Waals surface area contributed by atoms with Crippen LogP contribution in [-0.2, 0) is 0 Å². The Morgan fingerprint density at radius 1 is 1.29 bits per heavy atom. The van der Waals surface area contributed by atoms with Crippen molar-refractivity contribution in [2.24, 2.45) is 5.73 Å². The van der Waals surface area contributed by atoms with E-state index >= 15 is 0 Å². The number of thiazole rings is 1. The number of nitrogens with two attached hydrogens (primary N) is 1. The predicted octanol–water partition coefficient (Wildman–Crippen LogP) is 1.68. The van der Waals surface area contributed by atoms with Gasteiger partial charge in [0.15, 0.2) is 0 Å². The standard InChI is InChI=1S/C12H12N6O2S/c1-6(13)12-16-8(4-21-12)11-17-10(18-20-11)7-3-9(19-2)15-5-14-7/h3-6H,13H2,1-2H3. The molecule has 3 heterocycles. The highest BCUT2D eigenvalue weighted by molar-refractivity contribution is 7.10. The van der Waals surface area contributed by atoms with E-state index in [-0.39, 0.29) is 6.04 Å². The number of ether oxygens (including phenoxy) is 1. The first-order chi connectivity index (χ1) is 10.2. The first-order valence-electron chi connectivity index (χ1n) is 6.09. The van der Waals surface area contributed by atoms with E-state index in [0.717, 1.165) is 5.01 Å². The molecule has 0 bridgehead atoms. The van der Waals surface area contributed by atoms with E-state index in [1.54, 1.807) is 6.07 Å². The largest absolute Gasteiger partial charge is 0.481 e. The van der Waals surface area contributed by atoms with Crippen LogP contribution < -0.4 is 10.5 Å². The topological polar surface area (TPSA) is 113 Å². The van der Waals surface area contributed by atoms with E-state index < -0.39 is 0 Å². The molecule has 9 heteroatoms. The third-order valence-corrected chi connectivity index (χ3v) is 3.68. The highest BCUT2D eigenvalue weighted by Crippen LogP contribution is 2.25. The zero-order valence-electron chi connectivity index (χ0n) is 11.3. The monoisotopic (exact) mass is 304 g/mol. The first kappa shape index (κ1) is 13.6. The molecule has 8 nitrogen and oxygen atoms in total. The zero-order chi connectivity index (χ0) is 14.8. The third kappa shape index (κ3) is 2.73. The average Bonchev–Trinajstić information content (AvgIpc) is 3.16. The van der Waals surface area contributed by atoms with Crippen LogP contribution in [0.5, 0.6) is 5.88 Å². The van der Waals surface area contributed by atoms with Gasteiger partial charge in [-0.1, -0.05) is 5.16 Å². The van der Waals surface area contributed by atoms with Crippen molar-refractivity contribution in [1.82, 2.24) is 25.1 Å². The summed E-state index contributed by atoms with van der Waals surface area (Å²) in [5.74, 6) is 1.10. The smallest absolute Gasteiger partial charge is 0.277 e. The summed E-state index contributed by atoms with van der Waals surface area (Å²) >= 11 is 1.45. The lowest BCUT2D eigenvalue weighted by Gasteiger charge is -1.97. The van der Waals surface area contributed by atoms with E-state index in [9.17, 15) is 0 Å². The molecule has 0 amide bonds. The van der Waals surface area contributed by atoms with Crippen molar-refractivity contribution in [3.05, 3.63) is 22.8 Å². The van der Waals surface area contributed by atoms with Gasteiger partial charge in [-0.2, -0.15) is 4.98 Å². The fraction of sp³-hybridized carbons (Fsp3) is 0.250. The second-order valence-electron chi connectivity index (χ2n) is 4.23. The minimum Gasteiger partial charge on any atom is -0.481 e. The molecular weight excluding hydrogens is 292 g/mol. The van der Waals surface area contributed by atoms with Gasteiger partial charge in [-0.05, 0) is 6.92 Å². The maximum absolute atomic E-state index is 5.78. The molecular formula is C12H12N6O2S. The summed E-state index contributed by atoms with van der Waals surface area (Å²) in [6.45, 7) is 1.87. The second-order valence-corrected chi connectivity index (χ2v) is 5.12. The van der Waals surface area contributed by atoms with Gasteiger partial charge in [-0.3, -0.25) is 0 Å². The molecule has 1 atom stereocenters. The van der Waals surface area contributed by atoms with Crippen LogP contribution in [0.4, 0.5) is 0 Å². The number of nitrogens with zero attached hydrogens (tertiary/aromatic N) is 5. The number of hydrogen-bond donors (Lipinski definition) is 1. The van der Waals surface area contributed by atoms with Crippen molar-refractivity contribution in [3.8, 4) is 29.0 Å². The zero-order valence-corrected chi connectivity index (χ0v) is 12.2. The lowest BCUT2D eigenvalue weighted by molar-refractivity contribution is 0.397. The van der Waals surface area contributed by atoms with Gasteiger partial charge in [0.2, 0.25) is 11.7 Å². The summed E-state index contributed by atoms with van der Waals surface area (Å²) in [7, 11) is 1.53. The molecule has 0 aliphatic heterocycles. The average molecular weight is 304 g/mol. The molecule has 3 aromatic rings.